The molecule has 8 rings (SSSR count). The molecule has 2 aliphatic carbocycles. The molecule has 1 fully saturated rings. The minimum atomic E-state index is -0.787. The van der Waals surface area contributed by atoms with Crippen molar-refractivity contribution in [2.24, 2.45) is 28.5 Å². The van der Waals surface area contributed by atoms with Crippen LogP contribution < -0.4 is 30.6 Å². The van der Waals surface area contributed by atoms with Gasteiger partial charge < -0.3 is 35.5 Å². The first-order valence-corrected chi connectivity index (χ1v) is 22.7. The number of nitrogens with zero attached hydrogens (tertiary/aromatic N) is 1. The first-order chi connectivity index (χ1) is 27.1. The van der Waals surface area contributed by atoms with Crippen LogP contribution in [0.2, 0.25) is 0 Å². The third kappa shape index (κ3) is 9.37. The molecule has 0 aromatic heterocycles. The van der Waals surface area contributed by atoms with Gasteiger partial charge in [-0.15, -0.1) is 0 Å². The van der Waals surface area contributed by atoms with Gasteiger partial charge in [0.15, 0.2) is 29.0 Å². The summed E-state index contributed by atoms with van der Waals surface area (Å²) < 4.78 is 19.2. The summed E-state index contributed by atoms with van der Waals surface area (Å²) in [5.74, 6) is 18.4. The number of hydrogen-bond donors (Lipinski definition) is 5. The molecule has 56 heavy (non-hydrogen) atoms. The van der Waals surface area contributed by atoms with E-state index >= 15 is 0 Å². The molecule has 4 heterocycles. The quantitative estimate of drug-likeness (QED) is 0.188. The van der Waals surface area contributed by atoms with Gasteiger partial charge in [-0.1, -0.05) is 84.1 Å². The molecule has 12 heteroatoms. The standard InChI is InChI=1S/C44H56N4O6S2/c1-27(2)38-25-56-55-24-36-31-21-35-29-12-15-33(50)22-32(49)14-11-28-13-16-39(51)41(52-3)34(28)9-6-8-30(20-29)40(42(35)53-23-31)54-26-46-44(17-4-5-18-44)19-7-10-37(36)47-43(45)48-38/h13,16,20,27,31,33,36-38,46,50-51H,4-5,8,11-12,14-15,17-19,21-26H2,1-3H3,(H3,45,47,48)/t31-,33-,36-,37-,38+/m1/s1. The lowest BCUT2D eigenvalue weighted by atomic mass is 9.79. The van der Waals surface area contributed by atoms with Gasteiger partial charge in [-0.3, -0.25) is 10.1 Å². The highest BCUT2D eigenvalue weighted by atomic mass is 33.1. The maximum Gasteiger partial charge on any atom is 0.189 e. The predicted molar refractivity (Wildman–Crippen MR) is 224 cm³/mol. The summed E-state index contributed by atoms with van der Waals surface area (Å²) in [6.07, 6.45) is 7.11. The number of phenols is 1. The summed E-state index contributed by atoms with van der Waals surface area (Å²) in [6.45, 7) is 5.16. The zero-order valence-electron chi connectivity index (χ0n) is 32.9. The Balaban J connectivity index is 1.32. The Bertz CT molecular complexity index is 1920. The van der Waals surface area contributed by atoms with Crippen LogP contribution in [0.4, 0.5) is 0 Å². The Morgan fingerprint density at radius 2 is 1.86 bits per heavy atom. The topological polar surface area (TPSA) is 148 Å². The highest BCUT2D eigenvalue weighted by molar-refractivity contribution is 8.76. The summed E-state index contributed by atoms with van der Waals surface area (Å²) in [7, 11) is 5.25. The second kappa shape index (κ2) is 18.3. The van der Waals surface area contributed by atoms with Gasteiger partial charge >= 0.3 is 0 Å². The largest absolute Gasteiger partial charge is 0.504 e. The number of nitrogens with two attached hydrogens (primary N) is 1. The van der Waals surface area contributed by atoms with Crippen molar-refractivity contribution >= 4 is 33.3 Å². The van der Waals surface area contributed by atoms with Gasteiger partial charge in [-0.2, -0.15) is 0 Å². The maximum atomic E-state index is 13.1. The molecule has 5 atom stereocenters. The number of benzene rings is 2. The third-order valence-electron chi connectivity index (χ3n) is 12.1. The van der Waals surface area contributed by atoms with Crippen LogP contribution >= 0.6 is 21.6 Å². The number of rotatable bonds is 2. The monoisotopic (exact) mass is 800 g/mol. The lowest BCUT2D eigenvalue weighted by molar-refractivity contribution is -0.121. The van der Waals surface area contributed by atoms with E-state index in [1.807, 2.05) is 21.6 Å². The zero-order valence-corrected chi connectivity index (χ0v) is 34.5. The van der Waals surface area contributed by atoms with Crippen molar-refractivity contribution < 1.29 is 29.2 Å². The van der Waals surface area contributed by atoms with E-state index in [-0.39, 0.29) is 59.6 Å². The average molecular weight is 801 g/mol. The van der Waals surface area contributed by atoms with E-state index in [0.29, 0.717) is 68.6 Å². The van der Waals surface area contributed by atoms with Crippen LogP contribution in [0.1, 0.15) is 93.0 Å². The van der Waals surface area contributed by atoms with Crippen molar-refractivity contribution in [3.05, 3.63) is 46.0 Å². The summed E-state index contributed by atoms with van der Waals surface area (Å²) in [5, 5.41) is 29.2. The third-order valence-corrected chi connectivity index (χ3v) is 14.6. The van der Waals surface area contributed by atoms with E-state index in [2.05, 4.69) is 54.2 Å². The number of methoxy groups -OCH3 is 1. The van der Waals surface area contributed by atoms with Gasteiger partial charge in [0.25, 0.3) is 0 Å². The first-order valence-electron chi connectivity index (χ1n) is 20.2. The first kappa shape index (κ1) is 40.5. The van der Waals surface area contributed by atoms with E-state index in [9.17, 15) is 15.0 Å². The lowest BCUT2D eigenvalue weighted by Gasteiger charge is -2.37. The number of phenolic OH excluding ortho intramolecular Hbond substituents is 1. The Hall–Kier alpha value is -3.68. The second-order valence-electron chi connectivity index (χ2n) is 16.3. The number of carbonyl (C=O) groups is 1. The minimum Gasteiger partial charge on any atom is -0.504 e. The van der Waals surface area contributed by atoms with E-state index in [0.717, 1.165) is 71.6 Å². The molecule has 6 N–H and O–H groups in total. The number of nitrogens with one attached hydrogen (secondary N) is 2. The molecule has 0 radical (unpaired) electrons. The number of aliphatic imine (C=N–C) groups is 1. The highest BCUT2D eigenvalue weighted by Gasteiger charge is 2.38. The molecule has 6 bridgehead atoms. The number of aromatic hydroxyl groups is 1. The molecule has 1 spiro atoms. The smallest absolute Gasteiger partial charge is 0.189 e. The number of fused-ring (bicyclic) bond motifs is 7. The summed E-state index contributed by atoms with van der Waals surface area (Å²) in [4.78, 5) is 18.1. The molecule has 0 amide bonds. The molecule has 10 nitrogen and oxygen atoms in total. The molecule has 2 aromatic carbocycles. The summed E-state index contributed by atoms with van der Waals surface area (Å²) >= 11 is 0. The number of aliphatic hydroxyl groups excluding tert-OH is 1. The van der Waals surface area contributed by atoms with Crippen molar-refractivity contribution in [1.82, 2.24) is 10.6 Å². The Morgan fingerprint density at radius 1 is 1.04 bits per heavy atom. The number of carbonyl (C=O) groups excluding carboxylic acids is 1. The van der Waals surface area contributed by atoms with Crippen LogP contribution in [0.5, 0.6) is 23.0 Å². The predicted octanol–water partition coefficient (Wildman–Crippen LogP) is 5.70. The number of aliphatic hydroxyl groups is 1. The van der Waals surface area contributed by atoms with Crippen LogP contribution in [0.3, 0.4) is 0 Å². The average Bonchev–Trinajstić information content (AvgIpc) is 3.64. The van der Waals surface area contributed by atoms with Gasteiger partial charge in [0, 0.05) is 65.7 Å². The number of guanidine groups is 1. The lowest BCUT2D eigenvalue weighted by Crippen LogP contribution is -2.49. The molecule has 2 aromatic rings. The van der Waals surface area contributed by atoms with E-state index in [1.165, 1.54) is 7.11 Å². The van der Waals surface area contributed by atoms with Gasteiger partial charge in [0.05, 0.1) is 37.5 Å². The molecular weight excluding hydrogens is 745 g/mol. The van der Waals surface area contributed by atoms with Crippen LogP contribution in [-0.2, 0) is 30.5 Å². The summed E-state index contributed by atoms with van der Waals surface area (Å²) in [5.41, 5.74) is 10.9. The van der Waals surface area contributed by atoms with Crippen LogP contribution in [0, 0.1) is 41.4 Å². The number of hydrogen-bond acceptors (Lipinski definition) is 12. The van der Waals surface area contributed by atoms with E-state index < -0.39 is 6.10 Å². The molecule has 300 valence electrons. The molecule has 0 saturated heterocycles. The molecule has 6 aliphatic rings. The summed E-state index contributed by atoms with van der Waals surface area (Å²) in [6, 6.07) is 5.44. The molecule has 0 unspecified atom stereocenters. The Morgan fingerprint density at radius 3 is 2.66 bits per heavy atom. The number of ketones is 1. The highest BCUT2D eigenvalue weighted by Crippen LogP contribution is 2.45. The fourth-order valence-corrected chi connectivity index (χ4v) is 11.6. The van der Waals surface area contributed by atoms with Crippen molar-refractivity contribution in [2.75, 3.05) is 32.0 Å². The zero-order chi connectivity index (χ0) is 39.2. The van der Waals surface area contributed by atoms with E-state index in [1.54, 1.807) is 12.1 Å². The molecule has 1 saturated carbocycles. The van der Waals surface area contributed by atoms with Crippen LogP contribution in [-0.4, -0.2) is 77.6 Å². The fourth-order valence-electron chi connectivity index (χ4n) is 8.74. The van der Waals surface area contributed by atoms with Crippen molar-refractivity contribution in [3.8, 4) is 46.7 Å². The normalized spacial score (nSPS) is 26.8. The molecular formula is C44H56N4O6S2. The minimum absolute atomic E-state index is 0.00680. The number of Topliss-reactive ketones (excluding diaryl/α,β-unsaturated/α-hetero) is 1. The van der Waals surface area contributed by atoms with E-state index in [4.69, 9.17) is 24.9 Å². The second-order valence-corrected chi connectivity index (χ2v) is 18.9. The van der Waals surface area contributed by atoms with Crippen LogP contribution in [0.25, 0.3) is 0 Å². The van der Waals surface area contributed by atoms with Crippen molar-refractivity contribution in [2.45, 2.75) is 115 Å². The maximum absolute atomic E-state index is 13.1. The fraction of sp³-hybridized carbons (Fsp3) is 0.591. The van der Waals surface area contributed by atoms with Crippen molar-refractivity contribution in [3.63, 3.8) is 0 Å². The van der Waals surface area contributed by atoms with Crippen LogP contribution in [0.15, 0.2) is 23.2 Å². The number of ether oxygens (including phenoxy) is 3. The molecule has 4 aliphatic heterocycles. The van der Waals surface area contributed by atoms with Gasteiger partial charge in [0.1, 0.15) is 12.5 Å². The van der Waals surface area contributed by atoms with Crippen molar-refractivity contribution in [1.29, 1.82) is 0 Å². The van der Waals surface area contributed by atoms with Gasteiger partial charge in [-0.25, -0.2) is 4.99 Å². The van der Waals surface area contributed by atoms with Gasteiger partial charge in [-0.05, 0) is 61.6 Å². The Labute approximate surface area is 339 Å². The number of aryl methyl sites for hydroxylation is 2. The SMILES string of the molecule is COc1c(O)ccc2c1C#CCc1cc(c3c4c1OCNC1(CC#C[C@H]5NC(N)=N[C@H](C(C)C)CSSC[C@@H]5[C@@H](CO4)C3)CCCC1)CC[C@@H](O)CC(=O)CC2. The Kier molecular flexibility index (Phi) is 13.2. The van der Waals surface area contributed by atoms with Gasteiger partial charge in [0.2, 0.25) is 0 Å².